The Kier molecular flexibility index (Phi) is 3.74. The van der Waals surface area contributed by atoms with Crippen LogP contribution in [0.4, 0.5) is 11.4 Å². The third kappa shape index (κ3) is 2.76. The molecule has 1 atom stereocenters. The molecular formula is C18H16N2O2. The van der Waals surface area contributed by atoms with Gasteiger partial charge in [0.25, 0.3) is 0 Å². The topological polar surface area (TPSA) is 58.2 Å². The number of hydrogen-bond acceptors (Lipinski definition) is 3. The van der Waals surface area contributed by atoms with Crippen LogP contribution >= 0.6 is 0 Å². The highest BCUT2D eigenvalue weighted by molar-refractivity contribution is 6.04. The minimum atomic E-state index is -0.544. The second-order valence-corrected chi connectivity index (χ2v) is 5.21. The van der Waals surface area contributed by atoms with E-state index in [2.05, 4.69) is 10.6 Å². The molecule has 1 amide bonds. The number of ketones is 1. The molecule has 1 aliphatic rings. The van der Waals surface area contributed by atoms with E-state index in [-0.39, 0.29) is 11.7 Å². The SMILES string of the molecule is CC(=O)/C=C1/Nc2ccccc2NC(=O)[C@H]1c1ccccc1. The number of para-hydroxylation sites is 2. The van der Waals surface area contributed by atoms with Crippen LogP contribution in [0.2, 0.25) is 0 Å². The van der Waals surface area contributed by atoms with Crippen LogP contribution in [0.25, 0.3) is 0 Å². The van der Waals surface area contributed by atoms with E-state index in [1.165, 1.54) is 13.0 Å². The van der Waals surface area contributed by atoms with Crippen molar-refractivity contribution in [2.75, 3.05) is 10.6 Å². The Morgan fingerprint density at radius 2 is 1.55 bits per heavy atom. The molecule has 0 aliphatic carbocycles. The van der Waals surface area contributed by atoms with Crippen molar-refractivity contribution in [2.45, 2.75) is 12.8 Å². The molecule has 2 N–H and O–H groups in total. The van der Waals surface area contributed by atoms with E-state index in [0.717, 1.165) is 11.3 Å². The Morgan fingerprint density at radius 1 is 0.955 bits per heavy atom. The number of amides is 1. The van der Waals surface area contributed by atoms with E-state index >= 15 is 0 Å². The van der Waals surface area contributed by atoms with Crippen molar-refractivity contribution in [2.24, 2.45) is 0 Å². The number of carbonyl (C=O) groups excluding carboxylic acids is 2. The number of hydrogen-bond donors (Lipinski definition) is 2. The normalized spacial score (nSPS) is 18.9. The van der Waals surface area contributed by atoms with Crippen molar-refractivity contribution in [3.05, 3.63) is 71.9 Å². The summed E-state index contributed by atoms with van der Waals surface area (Å²) in [6.07, 6.45) is 1.49. The molecule has 0 aromatic heterocycles. The van der Waals surface area contributed by atoms with Crippen LogP contribution in [-0.2, 0) is 9.59 Å². The molecule has 1 aliphatic heterocycles. The van der Waals surface area contributed by atoms with Crippen molar-refractivity contribution in [1.29, 1.82) is 0 Å². The predicted molar refractivity (Wildman–Crippen MR) is 86.6 cm³/mol. The average Bonchev–Trinajstić information content (AvgIpc) is 2.63. The van der Waals surface area contributed by atoms with E-state index in [0.29, 0.717) is 11.4 Å². The maximum atomic E-state index is 12.7. The first-order valence-electron chi connectivity index (χ1n) is 7.09. The van der Waals surface area contributed by atoms with Crippen molar-refractivity contribution in [1.82, 2.24) is 0 Å². The van der Waals surface area contributed by atoms with Crippen LogP contribution in [0.1, 0.15) is 18.4 Å². The summed E-state index contributed by atoms with van der Waals surface area (Å²) in [5.41, 5.74) is 2.91. The number of nitrogens with one attached hydrogen (secondary N) is 2. The third-order valence-corrected chi connectivity index (χ3v) is 3.53. The first kappa shape index (κ1) is 14.1. The fourth-order valence-electron chi connectivity index (χ4n) is 2.59. The number of benzene rings is 2. The van der Waals surface area contributed by atoms with E-state index in [9.17, 15) is 9.59 Å². The molecule has 0 saturated carbocycles. The first-order valence-corrected chi connectivity index (χ1v) is 7.09. The highest BCUT2D eigenvalue weighted by Crippen LogP contribution is 2.34. The van der Waals surface area contributed by atoms with Gasteiger partial charge in [-0.1, -0.05) is 42.5 Å². The lowest BCUT2D eigenvalue weighted by Crippen LogP contribution is -2.23. The van der Waals surface area contributed by atoms with Gasteiger partial charge in [-0.3, -0.25) is 9.59 Å². The summed E-state index contributed by atoms with van der Waals surface area (Å²) < 4.78 is 0. The highest BCUT2D eigenvalue weighted by atomic mass is 16.2. The van der Waals surface area contributed by atoms with Gasteiger partial charge in [-0.05, 0) is 24.6 Å². The number of allylic oxidation sites excluding steroid dienone is 1. The Hall–Kier alpha value is -2.88. The molecule has 0 bridgehead atoms. The smallest absolute Gasteiger partial charge is 0.237 e. The van der Waals surface area contributed by atoms with Gasteiger partial charge in [0.1, 0.15) is 5.92 Å². The second kappa shape index (κ2) is 5.85. The lowest BCUT2D eigenvalue weighted by molar-refractivity contribution is -0.116. The Balaban J connectivity index is 2.12. The molecule has 4 nitrogen and oxygen atoms in total. The summed E-state index contributed by atoms with van der Waals surface area (Å²) in [5.74, 6) is -0.802. The van der Waals surface area contributed by atoms with Crippen molar-refractivity contribution in [3.63, 3.8) is 0 Å². The predicted octanol–water partition coefficient (Wildman–Crippen LogP) is 3.31. The molecule has 110 valence electrons. The summed E-state index contributed by atoms with van der Waals surface area (Å²) in [6.45, 7) is 1.48. The van der Waals surface area contributed by atoms with Crippen LogP contribution in [0.5, 0.6) is 0 Å². The van der Waals surface area contributed by atoms with E-state index in [1.54, 1.807) is 0 Å². The molecule has 2 aromatic carbocycles. The Labute approximate surface area is 128 Å². The van der Waals surface area contributed by atoms with Gasteiger partial charge in [-0.25, -0.2) is 0 Å². The molecule has 0 spiro atoms. The zero-order valence-electron chi connectivity index (χ0n) is 12.2. The second-order valence-electron chi connectivity index (χ2n) is 5.21. The minimum absolute atomic E-state index is 0.101. The van der Waals surface area contributed by atoms with Crippen molar-refractivity contribution in [3.8, 4) is 0 Å². The molecule has 0 unspecified atom stereocenters. The standard InChI is InChI=1S/C18H16N2O2/c1-12(21)11-16-17(13-7-3-2-4-8-13)18(22)20-15-10-6-5-9-14(15)19-16/h2-11,17,19H,1H3,(H,20,22)/b16-11+/t17-/m0/s1. The molecule has 1 heterocycles. The summed E-state index contributed by atoms with van der Waals surface area (Å²) in [4.78, 5) is 24.2. The maximum Gasteiger partial charge on any atom is 0.237 e. The Morgan fingerprint density at radius 3 is 2.18 bits per heavy atom. The van der Waals surface area contributed by atoms with Gasteiger partial charge >= 0.3 is 0 Å². The molecular weight excluding hydrogens is 276 g/mol. The number of fused-ring (bicyclic) bond motifs is 1. The monoisotopic (exact) mass is 292 g/mol. The van der Waals surface area contributed by atoms with Crippen LogP contribution in [0.15, 0.2) is 66.4 Å². The van der Waals surface area contributed by atoms with Crippen molar-refractivity contribution >= 4 is 23.1 Å². The summed E-state index contributed by atoms with van der Waals surface area (Å²) in [5, 5.41) is 6.15. The van der Waals surface area contributed by atoms with Gasteiger partial charge in [0.2, 0.25) is 5.91 Å². The largest absolute Gasteiger partial charge is 0.356 e. The van der Waals surface area contributed by atoms with Crippen LogP contribution < -0.4 is 10.6 Å². The molecule has 22 heavy (non-hydrogen) atoms. The average molecular weight is 292 g/mol. The maximum absolute atomic E-state index is 12.7. The lowest BCUT2D eigenvalue weighted by Gasteiger charge is -2.17. The molecule has 0 saturated heterocycles. The quantitative estimate of drug-likeness (QED) is 0.835. The van der Waals surface area contributed by atoms with Crippen LogP contribution in [0.3, 0.4) is 0 Å². The van der Waals surface area contributed by atoms with Crippen molar-refractivity contribution < 1.29 is 9.59 Å². The molecule has 0 fully saturated rings. The van der Waals surface area contributed by atoms with E-state index in [1.807, 2.05) is 54.6 Å². The van der Waals surface area contributed by atoms with Crippen LogP contribution in [0, 0.1) is 0 Å². The number of anilines is 2. The van der Waals surface area contributed by atoms with Crippen LogP contribution in [-0.4, -0.2) is 11.7 Å². The van der Waals surface area contributed by atoms with Gasteiger partial charge in [-0.2, -0.15) is 0 Å². The zero-order valence-corrected chi connectivity index (χ0v) is 12.2. The molecule has 3 rings (SSSR count). The minimum Gasteiger partial charge on any atom is -0.356 e. The summed E-state index contributed by atoms with van der Waals surface area (Å²) in [7, 11) is 0. The van der Waals surface area contributed by atoms with Gasteiger partial charge in [-0.15, -0.1) is 0 Å². The molecule has 2 aromatic rings. The van der Waals surface area contributed by atoms with Gasteiger partial charge in [0.05, 0.1) is 11.4 Å². The van der Waals surface area contributed by atoms with E-state index < -0.39 is 5.92 Å². The first-order chi connectivity index (χ1) is 10.6. The fourth-order valence-corrected chi connectivity index (χ4v) is 2.59. The summed E-state index contributed by atoms with van der Waals surface area (Å²) >= 11 is 0. The highest BCUT2D eigenvalue weighted by Gasteiger charge is 2.29. The zero-order chi connectivity index (χ0) is 15.5. The molecule has 0 radical (unpaired) electrons. The Bertz CT molecular complexity index is 751. The van der Waals surface area contributed by atoms with E-state index in [4.69, 9.17) is 0 Å². The molecule has 4 heteroatoms. The van der Waals surface area contributed by atoms with Gasteiger partial charge in [0, 0.05) is 11.8 Å². The third-order valence-electron chi connectivity index (χ3n) is 3.53. The lowest BCUT2D eigenvalue weighted by atomic mass is 9.94. The number of carbonyl (C=O) groups is 2. The van der Waals surface area contributed by atoms with Gasteiger partial charge < -0.3 is 10.6 Å². The fraction of sp³-hybridized carbons (Fsp3) is 0.111. The summed E-state index contributed by atoms with van der Waals surface area (Å²) in [6, 6.07) is 16.9. The number of rotatable bonds is 2. The van der Waals surface area contributed by atoms with Gasteiger partial charge in [0.15, 0.2) is 5.78 Å².